The molecule has 0 aromatic carbocycles. The van der Waals surface area contributed by atoms with Gasteiger partial charge in [0.2, 0.25) is 0 Å². The van der Waals surface area contributed by atoms with Crippen molar-refractivity contribution in [3.63, 3.8) is 0 Å². The van der Waals surface area contributed by atoms with Crippen molar-refractivity contribution < 1.29 is 168 Å². The van der Waals surface area contributed by atoms with Crippen LogP contribution in [-0.2, 0) is 51.1 Å². The van der Waals surface area contributed by atoms with Gasteiger partial charge in [-0.05, 0) is 0 Å². The van der Waals surface area contributed by atoms with E-state index >= 15 is 0 Å². The average molecular weight is 335 g/mol. The van der Waals surface area contributed by atoms with Gasteiger partial charge in [0, 0.05) is 0 Å². The summed E-state index contributed by atoms with van der Waals surface area (Å²) >= 11 is -8.57. The first-order chi connectivity index (χ1) is 4.00. The molecular formula is F2K2O5TiZr. The van der Waals surface area contributed by atoms with Crippen LogP contribution in [0.2, 0.25) is 0 Å². The third-order valence-corrected chi connectivity index (χ3v) is 0.260. The summed E-state index contributed by atoms with van der Waals surface area (Å²) in [5, 5.41) is 0. The average Bonchev–Trinajstić information content (AvgIpc) is 1.65. The Kier molecular flexibility index (Phi) is 43.8. The first kappa shape index (κ1) is 24.4. The molecule has 0 aliphatic heterocycles. The van der Waals surface area contributed by atoms with E-state index in [0.717, 1.165) is 0 Å². The van der Waals surface area contributed by atoms with E-state index in [1.165, 1.54) is 0 Å². The summed E-state index contributed by atoms with van der Waals surface area (Å²) in [5.41, 5.74) is 0. The molecule has 0 aliphatic carbocycles. The SMILES string of the molecule is [K+].[K+].[O]=[Ti]([O-])[O]F.[O]=[Zr]([O-])[F]. The zero-order chi connectivity index (χ0) is 7.86. The predicted octanol–water partition coefficient (Wildman–Crippen LogP) is -7.84. The van der Waals surface area contributed by atoms with Crippen LogP contribution in [0, 0.1) is 0 Å². The molecule has 0 saturated carbocycles. The molecule has 0 radical (unpaired) electrons. The first-order valence-electron chi connectivity index (χ1n) is 1.36. The molecule has 0 rings (SSSR count). The molecule has 54 valence electrons. The van der Waals surface area contributed by atoms with E-state index in [9.17, 15) is 7.15 Å². The summed E-state index contributed by atoms with van der Waals surface area (Å²) in [7, 11) is 0. The molecule has 0 unspecified atom stereocenters. The molecule has 11 heteroatoms. The Morgan fingerprint density at radius 2 is 1.55 bits per heavy atom. The summed E-state index contributed by atoms with van der Waals surface area (Å²) in [6.07, 6.45) is 0. The Morgan fingerprint density at radius 1 is 1.45 bits per heavy atom. The first-order valence-corrected chi connectivity index (χ1v) is 6.21. The van der Waals surface area contributed by atoms with Crippen LogP contribution in [0.5, 0.6) is 0 Å². The van der Waals surface area contributed by atoms with E-state index in [4.69, 9.17) is 13.0 Å². The van der Waals surface area contributed by atoms with Crippen LogP contribution in [-0.4, -0.2) is 0 Å². The van der Waals surface area contributed by atoms with Crippen molar-refractivity contribution in [3.05, 3.63) is 0 Å². The summed E-state index contributed by atoms with van der Waals surface area (Å²) in [6.45, 7) is 0. The van der Waals surface area contributed by atoms with Crippen LogP contribution in [0.4, 0.5) is 7.15 Å². The molecular weight excluding hydrogens is 335 g/mol. The third kappa shape index (κ3) is 54.9. The summed E-state index contributed by atoms with van der Waals surface area (Å²) < 4.78 is 57.3. The molecule has 0 bridgehead atoms. The Hall–Kier alpha value is 4.21. The Balaban J connectivity index is -0.0000000383. The monoisotopic (exact) mass is 334 g/mol. The molecule has 0 amide bonds. The molecule has 0 spiro atoms. The van der Waals surface area contributed by atoms with E-state index in [2.05, 4.69) is 3.52 Å². The standard InChI is InChI=1S/FO.FH.2K.4O.Ti.Zr/c1-2;;;;;;;;;/h;1H;;;;;;;;/q-1;;2*+1;;;2*-1;2*+1/p-1. The van der Waals surface area contributed by atoms with E-state index in [0.29, 0.717) is 0 Å². The molecule has 0 N–H and O–H groups in total. The minimum absolute atomic E-state index is 0. The third-order valence-electron chi connectivity index (χ3n) is 0.0630. The second-order valence-electron chi connectivity index (χ2n) is 0.565. The van der Waals surface area contributed by atoms with Gasteiger partial charge in [-0.15, -0.1) is 0 Å². The normalized spacial score (nSPS) is 5.82. The Morgan fingerprint density at radius 3 is 1.55 bits per heavy atom. The fraction of sp³-hybridized carbons (Fsp3) is 0. The summed E-state index contributed by atoms with van der Waals surface area (Å²) in [6, 6.07) is 0. The minimum atomic E-state index is -4.54. The molecule has 0 fully saturated rings. The quantitative estimate of drug-likeness (QED) is 0.444. The van der Waals surface area contributed by atoms with Crippen LogP contribution in [0.15, 0.2) is 0 Å². The van der Waals surface area contributed by atoms with Crippen LogP contribution in [0.3, 0.4) is 0 Å². The van der Waals surface area contributed by atoms with Crippen molar-refractivity contribution in [2.24, 2.45) is 0 Å². The molecule has 0 aromatic rings. The predicted molar refractivity (Wildman–Crippen MR) is 4.67 cm³/mol. The number of hydrogen-bond acceptors (Lipinski definition) is 5. The van der Waals surface area contributed by atoms with Crippen molar-refractivity contribution in [1.82, 2.24) is 0 Å². The van der Waals surface area contributed by atoms with Crippen molar-refractivity contribution in [1.29, 1.82) is 0 Å². The van der Waals surface area contributed by atoms with Gasteiger partial charge < -0.3 is 0 Å². The summed E-state index contributed by atoms with van der Waals surface area (Å²) in [4.78, 5) is 0. The molecule has 0 aromatic heterocycles. The fourth-order valence-corrected chi connectivity index (χ4v) is 0. The van der Waals surface area contributed by atoms with Gasteiger partial charge in [0.1, 0.15) is 0 Å². The van der Waals surface area contributed by atoms with E-state index in [1.54, 1.807) is 0 Å². The van der Waals surface area contributed by atoms with Gasteiger partial charge in [0.05, 0.1) is 0 Å². The Bertz CT molecular complexity index is 107. The Labute approximate surface area is 163 Å². The van der Waals surface area contributed by atoms with Gasteiger partial charge in [-0.3, -0.25) is 0 Å². The molecule has 11 heavy (non-hydrogen) atoms. The van der Waals surface area contributed by atoms with Gasteiger partial charge in [0.25, 0.3) is 0 Å². The second-order valence-corrected chi connectivity index (χ2v) is 2.75. The van der Waals surface area contributed by atoms with Gasteiger partial charge in [0.15, 0.2) is 0 Å². The van der Waals surface area contributed by atoms with Gasteiger partial charge in [-0.25, -0.2) is 0 Å². The number of rotatable bonds is 1. The maximum atomic E-state index is 10.1. The zero-order valence-electron chi connectivity index (χ0n) is 5.80. The molecule has 0 saturated heterocycles. The van der Waals surface area contributed by atoms with Crippen LogP contribution in [0.25, 0.3) is 0 Å². The summed E-state index contributed by atoms with van der Waals surface area (Å²) in [5.74, 6) is 0. The van der Waals surface area contributed by atoms with Crippen LogP contribution < -0.4 is 110 Å². The van der Waals surface area contributed by atoms with E-state index < -0.39 is 41.4 Å². The number of halogens is 2. The molecule has 5 nitrogen and oxygen atoms in total. The fourth-order valence-electron chi connectivity index (χ4n) is 0. The van der Waals surface area contributed by atoms with Crippen molar-refractivity contribution in [2.75, 3.05) is 0 Å². The molecule has 0 atom stereocenters. The van der Waals surface area contributed by atoms with Gasteiger partial charge in [-0.1, -0.05) is 0 Å². The van der Waals surface area contributed by atoms with E-state index in [1.807, 2.05) is 0 Å². The molecule has 0 heterocycles. The van der Waals surface area contributed by atoms with E-state index in [-0.39, 0.29) is 103 Å². The number of hydrogen-bond donors (Lipinski definition) is 0. The topological polar surface area (TPSA) is 89.5 Å². The maximum absolute atomic E-state index is 10.1. The van der Waals surface area contributed by atoms with Crippen LogP contribution >= 0.6 is 0 Å². The zero-order valence-corrected chi connectivity index (χ0v) is 16.1. The second kappa shape index (κ2) is 19.7. The van der Waals surface area contributed by atoms with Crippen LogP contribution in [0.1, 0.15) is 0 Å². The van der Waals surface area contributed by atoms with Crippen molar-refractivity contribution >= 4 is 0 Å². The van der Waals surface area contributed by atoms with Crippen molar-refractivity contribution in [3.8, 4) is 0 Å². The molecule has 0 aliphatic rings. The van der Waals surface area contributed by atoms with Gasteiger partial charge >= 0.3 is 168 Å². The van der Waals surface area contributed by atoms with Gasteiger partial charge in [-0.2, -0.15) is 0 Å². The van der Waals surface area contributed by atoms with Crippen molar-refractivity contribution in [2.45, 2.75) is 0 Å².